The Balaban J connectivity index is 2.74. The highest BCUT2D eigenvalue weighted by atomic mass is 16.5. The SMILES string of the molecule is CCNCc1cnc(OC(C)(C)C)nc1C. The largest absolute Gasteiger partial charge is 0.458 e. The highest BCUT2D eigenvalue weighted by molar-refractivity contribution is 5.17. The minimum atomic E-state index is -0.254. The van der Waals surface area contributed by atoms with Crippen molar-refractivity contribution in [2.24, 2.45) is 0 Å². The molecule has 1 rings (SSSR count). The Hall–Kier alpha value is -1.16. The van der Waals surface area contributed by atoms with E-state index in [9.17, 15) is 0 Å². The lowest BCUT2D eigenvalue weighted by Crippen LogP contribution is -2.24. The Morgan fingerprint density at radius 1 is 1.38 bits per heavy atom. The minimum absolute atomic E-state index is 0.254. The molecule has 0 fully saturated rings. The van der Waals surface area contributed by atoms with Crippen LogP contribution >= 0.6 is 0 Å². The third-order valence-electron chi connectivity index (χ3n) is 2.02. The van der Waals surface area contributed by atoms with Crippen molar-refractivity contribution in [2.75, 3.05) is 6.54 Å². The molecule has 0 saturated carbocycles. The number of aromatic nitrogens is 2. The molecule has 0 unspecified atom stereocenters. The zero-order valence-corrected chi connectivity index (χ0v) is 10.8. The van der Waals surface area contributed by atoms with Crippen LogP contribution in [0.25, 0.3) is 0 Å². The normalized spacial score (nSPS) is 11.6. The minimum Gasteiger partial charge on any atom is -0.458 e. The molecule has 0 bridgehead atoms. The van der Waals surface area contributed by atoms with Gasteiger partial charge in [0, 0.05) is 24.0 Å². The predicted octanol–water partition coefficient (Wildman–Crippen LogP) is 2.07. The first-order chi connectivity index (χ1) is 7.42. The van der Waals surface area contributed by atoms with E-state index in [1.165, 1.54) is 0 Å². The number of nitrogens with one attached hydrogen (secondary N) is 1. The van der Waals surface area contributed by atoms with E-state index >= 15 is 0 Å². The quantitative estimate of drug-likeness (QED) is 0.849. The van der Waals surface area contributed by atoms with Crippen LogP contribution in [0, 0.1) is 6.92 Å². The maximum absolute atomic E-state index is 5.60. The lowest BCUT2D eigenvalue weighted by Gasteiger charge is -2.19. The molecular weight excluding hydrogens is 202 g/mol. The highest BCUT2D eigenvalue weighted by Crippen LogP contribution is 2.14. The van der Waals surface area contributed by atoms with E-state index in [0.29, 0.717) is 6.01 Å². The van der Waals surface area contributed by atoms with E-state index in [0.717, 1.165) is 24.3 Å². The van der Waals surface area contributed by atoms with Gasteiger partial charge in [0.25, 0.3) is 0 Å². The summed E-state index contributed by atoms with van der Waals surface area (Å²) in [6, 6.07) is 0.449. The predicted molar refractivity (Wildman–Crippen MR) is 64.5 cm³/mol. The van der Waals surface area contributed by atoms with E-state index in [2.05, 4.69) is 22.2 Å². The van der Waals surface area contributed by atoms with Gasteiger partial charge in [-0.3, -0.25) is 0 Å². The van der Waals surface area contributed by atoms with Crippen molar-refractivity contribution in [2.45, 2.75) is 46.8 Å². The van der Waals surface area contributed by atoms with Crippen molar-refractivity contribution in [3.05, 3.63) is 17.5 Å². The molecule has 0 saturated heterocycles. The number of hydrogen-bond acceptors (Lipinski definition) is 4. The summed E-state index contributed by atoms with van der Waals surface area (Å²) >= 11 is 0. The van der Waals surface area contributed by atoms with Gasteiger partial charge in [0.1, 0.15) is 5.60 Å². The Morgan fingerprint density at radius 3 is 2.56 bits per heavy atom. The molecule has 16 heavy (non-hydrogen) atoms. The van der Waals surface area contributed by atoms with Crippen LogP contribution in [0.2, 0.25) is 0 Å². The first-order valence-electron chi connectivity index (χ1n) is 5.64. The second kappa shape index (κ2) is 5.25. The molecule has 0 aliphatic heterocycles. The molecule has 1 heterocycles. The average Bonchev–Trinajstić information content (AvgIpc) is 2.14. The van der Waals surface area contributed by atoms with Gasteiger partial charge in [0.05, 0.1) is 0 Å². The van der Waals surface area contributed by atoms with Crippen molar-refractivity contribution < 1.29 is 4.74 Å². The standard InChI is InChI=1S/C12H21N3O/c1-6-13-7-10-8-14-11(15-9(10)2)16-12(3,4)5/h8,13H,6-7H2,1-5H3. The zero-order chi connectivity index (χ0) is 12.2. The van der Waals surface area contributed by atoms with Gasteiger partial charge in [-0.05, 0) is 34.2 Å². The summed E-state index contributed by atoms with van der Waals surface area (Å²) in [4.78, 5) is 8.54. The van der Waals surface area contributed by atoms with Crippen LogP contribution in [0.3, 0.4) is 0 Å². The van der Waals surface area contributed by atoms with Crippen LogP contribution in [0.15, 0.2) is 6.20 Å². The second-order valence-corrected chi connectivity index (χ2v) is 4.76. The van der Waals surface area contributed by atoms with Gasteiger partial charge in [-0.1, -0.05) is 6.92 Å². The summed E-state index contributed by atoms with van der Waals surface area (Å²) in [5.74, 6) is 0. The Labute approximate surface area is 97.5 Å². The van der Waals surface area contributed by atoms with E-state index in [4.69, 9.17) is 4.74 Å². The summed E-state index contributed by atoms with van der Waals surface area (Å²) in [5.41, 5.74) is 1.83. The van der Waals surface area contributed by atoms with Gasteiger partial charge in [0.15, 0.2) is 0 Å². The van der Waals surface area contributed by atoms with Gasteiger partial charge >= 0.3 is 6.01 Å². The summed E-state index contributed by atoms with van der Waals surface area (Å²) in [6.45, 7) is 11.8. The van der Waals surface area contributed by atoms with Crippen LogP contribution in [-0.2, 0) is 6.54 Å². The number of ether oxygens (including phenoxy) is 1. The fraction of sp³-hybridized carbons (Fsp3) is 0.667. The fourth-order valence-electron chi connectivity index (χ4n) is 1.23. The first-order valence-corrected chi connectivity index (χ1v) is 5.64. The third-order valence-corrected chi connectivity index (χ3v) is 2.02. The molecule has 4 heteroatoms. The van der Waals surface area contributed by atoms with Crippen molar-refractivity contribution in [1.29, 1.82) is 0 Å². The fourth-order valence-corrected chi connectivity index (χ4v) is 1.23. The topological polar surface area (TPSA) is 47.0 Å². The lowest BCUT2D eigenvalue weighted by atomic mass is 10.2. The lowest BCUT2D eigenvalue weighted by molar-refractivity contribution is 0.116. The van der Waals surface area contributed by atoms with Crippen LogP contribution in [0.5, 0.6) is 6.01 Å². The average molecular weight is 223 g/mol. The van der Waals surface area contributed by atoms with Crippen molar-refractivity contribution in [1.82, 2.24) is 15.3 Å². The highest BCUT2D eigenvalue weighted by Gasteiger charge is 2.14. The third kappa shape index (κ3) is 4.14. The summed E-state index contributed by atoms with van der Waals surface area (Å²) in [5, 5.41) is 3.25. The molecule has 0 radical (unpaired) electrons. The van der Waals surface area contributed by atoms with E-state index < -0.39 is 0 Å². The molecule has 90 valence electrons. The van der Waals surface area contributed by atoms with Gasteiger partial charge in [0.2, 0.25) is 0 Å². The molecule has 4 nitrogen and oxygen atoms in total. The van der Waals surface area contributed by atoms with E-state index in [-0.39, 0.29) is 5.60 Å². The van der Waals surface area contributed by atoms with Crippen LogP contribution in [-0.4, -0.2) is 22.1 Å². The van der Waals surface area contributed by atoms with Crippen LogP contribution in [0.1, 0.15) is 39.0 Å². The summed E-state index contributed by atoms with van der Waals surface area (Å²) < 4.78 is 5.60. The molecule has 0 aliphatic carbocycles. The molecule has 0 aliphatic rings. The summed E-state index contributed by atoms with van der Waals surface area (Å²) in [7, 11) is 0. The molecular formula is C12H21N3O. The second-order valence-electron chi connectivity index (χ2n) is 4.76. The first kappa shape index (κ1) is 12.9. The molecule has 1 N–H and O–H groups in total. The monoisotopic (exact) mass is 223 g/mol. The van der Waals surface area contributed by atoms with Crippen LogP contribution < -0.4 is 10.1 Å². The van der Waals surface area contributed by atoms with Crippen molar-refractivity contribution >= 4 is 0 Å². The van der Waals surface area contributed by atoms with Crippen molar-refractivity contribution in [3.8, 4) is 6.01 Å². The zero-order valence-electron chi connectivity index (χ0n) is 10.8. The molecule has 0 atom stereocenters. The molecule has 0 amide bonds. The maximum atomic E-state index is 5.60. The van der Waals surface area contributed by atoms with Gasteiger partial charge in [-0.2, -0.15) is 0 Å². The molecule has 1 aromatic rings. The molecule has 0 spiro atoms. The Morgan fingerprint density at radius 2 is 2.06 bits per heavy atom. The Kier molecular flexibility index (Phi) is 4.24. The smallest absolute Gasteiger partial charge is 0.317 e. The van der Waals surface area contributed by atoms with E-state index in [1.54, 1.807) is 0 Å². The number of rotatable bonds is 4. The summed E-state index contributed by atoms with van der Waals surface area (Å²) in [6.07, 6.45) is 1.83. The maximum Gasteiger partial charge on any atom is 0.317 e. The van der Waals surface area contributed by atoms with Gasteiger partial charge < -0.3 is 10.1 Å². The van der Waals surface area contributed by atoms with Crippen LogP contribution in [0.4, 0.5) is 0 Å². The van der Waals surface area contributed by atoms with E-state index in [1.807, 2.05) is 33.9 Å². The molecule has 1 aromatic heterocycles. The number of hydrogen-bond donors (Lipinski definition) is 1. The van der Waals surface area contributed by atoms with Gasteiger partial charge in [-0.25, -0.2) is 9.97 Å². The van der Waals surface area contributed by atoms with Gasteiger partial charge in [-0.15, -0.1) is 0 Å². The Bertz CT molecular complexity index is 345. The van der Waals surface area contributed by atoms with Crippen molar-refractivity contribution in [3.63, 3.8) is 0 Å². The molecule has 0 aromatic carbocycles. The number of nitrogens with zero attached hydrogens (tertiary/aromatic N) is 2. The number of aryl methyl sites for hydroxylation is 1.